The van der Waals surface area contributed by atoms with Crippen molar-refractivity contribution in [2.75, 3.05) is 7.11 Å². The molecule has 76 valence electrons. The zero-order chi connectivity index (χ0) is 11.1. The van der Waals surface area contributed by atoms with Gasteiger partial charge in [-0.3, -0.25) is 4.79 Å². The number of carbonyl (C=O) groups is 1. The van der Waals surface area contributed by atoms with E-state index in [0.29, 0.717) is 5.56 Å². The summed E-state index contributed by atoms with van der Waals surface area (Å²) in [5.41, 5.74) is 1.51. The minimum Gasteiger partial charge on any atom is -0.469 e. The van der Waals surface area contributed by atoms with Crippen molar-refractivity contribution in [1.29, 1.82) is 5.26 Å². The van der Waals surface area contributed by atoms with Crippen molar-refractivity contribution in [3.63, 3.8) is 0 Å². The highest BCUT2D eigenvalue weighted by Crippen LogP contribution is 2.06. The summed E-state index contributed by atoms with van der Waals surface area (Å²) < 4.78 is 4.49. The summed E-state index contributed by atoms with van der Waals surface area (Å²) in [4.78, 5) is 10.8. The summed E-state index contributed by atoms with van der Waals surface area (Å²) in [5.74, 6) is -0.275. The second-order valence-electron chi connectivity index (χ2n) is 2.92. The van der Waals surface area contributed by atoms with Crippen LogP contribution in [0, 0.1) is 11.3 Å². The number of nitrogens with zero attached hydrogens (tertiary/aromatic N) is 1. The highest BCUT2D eigenvalue weighted by Gasteiger charge is 1.94. The molecule has 1 aromatic rings. The molecule has 0 fully saturated rings. The van der Waals surface area contributed by atoms with Crippen LogP contribution in [0.2, 0.25) is 0 Å². The number of esters is 1. The molecule has 0 saturated heterocycles. The molecule has 0 aliphatic rings. The molecule has 0 aromatic heterocycles. The molecule has 1 rings (SSSR count). The number of hydrogen-bond acceptors (Lipinski definition) is 3. The number of nitriles is 1. The summed E-state index contributed by atoms with van der Waals surface area (Å²) >= 11 is 0. The summed E-state index contributed by atoms with van der Waals surface area (Å²) in [6.45, 7) is 0. The van der Waals surface area contributed by atoms with Crippen molar-refractivity contribution in [1.82, 2.24) is 0 Å². The van der Waals surface area contributed by atoms with Crippen molar-refractivity contribution >= 4 is 12.0 Å². The fourth-order valence-corrected chi connectivity index (χ4v) is 1.09. The Balaban J connectivity index is 2.65. The van der Waals surface area contributed by atoms with Crippen molar-refractivity contribution in [3.05, 3.63) is 41.5 Å². The Hall–Kier alpha value is -2.08. The molecule has 1 aromatic carbocycles. The lowest BCUT2D eigenvalue weighted by Gasteiger charge is -1.94. The van der Waals surface area contributed by atoms with Crippen LogP contribution in [-0.4, -0.2) is 13.1 Å². The third-order valence-electron chi connectivity index (χ3n) is 1.84. The van der Waals surface area contributed by atoms with Gasteiger partial charge in [0.25, 0.3) is 0 Å². The Bertz CT molecular complexity index is 416. The van der Waals surface area contributed by atoms with Crippen molar-refractivity contribution in [2.24, 2.45) is 0 Å². The molecule has 0 spiro atoms. The fourth-order valence-electron chi connectivity index (χ4n) is 1.09. The molecule has 0 atom stereocenters. The van der Waals surface area contributed by atoms with E-state index in [4.69, 9.17) is 5.26 Å². The molecule has 15 heavy (non-hydrogen) atoms. The third kappa shape index (κ3) is 3.65. The molecule has 0 aliphatic carbocycles. The van der Waals surface area contributed by atoms with E-state index >= 15 is 0 Å². The van der Waals surface area contributed by atoms with Crippen molar-refractivity contribution in [3.8, 4) is 6.07 Å². The Morgan fingerprint density at radius 3 is 3.07 bits per heavy atom. The van der Waals surface area contributed by atoms with E-state index in [0.717, 1.165) is 5.56 Å². The van der Waals surface area contributed by atoms with Gasteiger partial charge in [0.2, 0.25) is 0 Å². The fraction of sp³-hybridized carbons (Fsp3) is 0.167. The summed E-state index contributed by atoms with van der Waals surface area (Å²) in [6, 6.07) is 9.22. The monoisotopic (exact) mass is 201 g/mol. The van der Waals surface area contributed by atoms with Crippen LogP contribution in [0.3, 0.4) is 0 Å². The average molecular weight is 201 g/mol. The maximum absolute atomic E-state index is 10.8. The van der Waals surface area contributed by atoms with E-state index in [1.165, 1.54) is 7.11 Å². The molecule has 0 bridgehead atoms. The van der Waals surface area contributed by atoms with Gasteiger partial charge >= 0.3 is 5.97 Å². The van der Waals surface area contributed by atoms with Gasteiger partial charge in [0.15, 0.2) is 0 Å². The zero-order valence-corrected chi connectivity index (χ0v) is 8.43. The molecular formula is C12H11NO2. The van der Waals surface area contributed by atoms with Gasteiger partial charge in [0.1, 0.15) is 0 Å². The third-order valence-corrected chi connectivity index (χ3v) is 1.84. The zero-order valence-electron chi connectivity index (χ0n) is 8.43. The highest BCUT2D eigenvalue weighted by molar-refractivity contribution is 5.72. The van der Waals surface area contributed by atoms with Gasteiger partial charge in [-0.25, -0.2) is 0 Å². The maximum Gasteiger partial charge on any atom is 0.309 e. The van der Waals surface area contributed by atoms with Gasteiger partial charge in [0, 0.05) is 0 Å². The summed E-state index contributed by atoms with van der Waals surface area (Å²) in [7, 11) is 1.35. The number of benzene rings is 1. The first-order valence-corrected chi connectivity index (χ1v) is 4.50. The van der Waals surface area contributed by atoms with Crippen molar-refractivity contribution in [2.45, 2.75) is 6.42 Å². The van der Waals surface area contributed by atoms with Crippen LogP contribution in [0.15, 0.2) is 30.3 Å². The van der Waals surface area contributed by atoms with Crippen LogP contribution >= 0.6 is 0 Å². The van der Waals surface area contributed by atoms with Crippen LogP contribution in [0.5, 0.6) is 0 Å². The molecule has 0 heterocycles. The van der Waals surface area contributed by atoms with E-state index in [2.05, 4.69) is 10.8 Å². The van der Waals surface area contributed by atoms with Gasteiger partial charge in [-0.05, 0) is 17.7 Å². The Labute approximate surface area is 88.6 Å². The van der Waals surface area contributed by atoms with E-state index < -0.39 is 0 Å². The molecule has 0 amide bonds. The number of methoxy groups -OCH3 is 1. The van der Waals surface area contributed by atoms with Gasteiger partial charge in [0.05, 0.1) is 25.2 Å². The first-order chi connectivity index (χ1) is 7.26. The van der Waals surface area contributed by atoms with E-state index in [1.54, 1.807) is 30.4 Å². The molecule has 0 saturated carbocycles. The van der Waals surface area contributed by atoms with Gasteiger partial charge in [-0.15, -0.1) is 0 Å². The normalized spacial score (nSPS) is 9.87. The Kier molecular flexibility index (Phi) is 4.11. The number of carbonyl (C=O) groups excluding carboxylic acids is 1. The Morgan fingerprint density at radius 2 is 2.40 bits per heavy atom. The lowest BCUT2D eigenvalue weighted by Crippen LogP contribution is -1.96. The maximum atomic E-state index is 10.8. The topological polar surface area (TPSA) is 50.1 Å². The minimum absolute atomic E-state index is 0.243. The predicted octanol–water partition coefficient (Wildman–Crippen LogP) is 2.13. The molecule has 3 nitrogen and oxygen atoms in total. The SMILES string of the molecule is COC(=O)CC=Cc1cccc(C#N)c1. The van der Waals surface area contributed by atoms with Gasteiger partial charge in [-0.2, -0.15) is 5.26 Å². The lowest BCUT2D eigenvalue weighted by molar-refractivity contribution is -0.139. The average Bonchev–Trinajstić information content (AvgIpc) is 2.29. The molecule has 0 N–H and O–H groups in total. The summed E-state index contributed by atoms with van der Waals surface area (Å²) in [6.07, 6.45) is 3.74. The molecular weight excluding hydrogens is 190 g/mol. The minimum atomic E-state index is -0.275. The number of ether oxygens (including phenoxy) is 1. The first kappa shape index (κ1) is 11.0. The molecule has 0 aliphatic heterocycles. The lowest BCUT2D eigenvalue weighted by atomic mass is 10.1. The number of hydrogen-bond donors (Lipinski definition) is 0. The Morgan fingerprint density at radius 1 is 1.60 bits per heavy atom. The molecule has 0 radical (unpaired) electrons. The van der Waals surface area contributed by atoms with Gasteiger partial charge < -0.3 is 4.74 Å². The second kappa shape index (κ2) is 5.61. The smallest absolute Gasteiger partial charge is 0.309 e. The standard InChI is InChI=1S/C12H11NO2/c1-15-12(14)7-3-5-10-4-2-6-11(8-10)9-13/h2-6,8H,7H2,1H3. The summed E-state index contributed by atoms with van der Waals surface area (Å²) in [5, 5.41) is 8.67. The number of rotatable bonds is 3. The van der Waals surface area contributed by atoms with Gasteiger partial charge in [-0.1, -0.05) is 24.3 Å². The molecule has 3 heteroatoms. The van der Waals surface area contributed by atoms with Crippen LogP contribution in [0.25, 0.3) is 6.08 Å². The van der Waals surface area contributed by atoms with Crippen molar-refractivity contribution < 1.29 is 9.53 Å². The first-order valence-electron chi connectivity index (χ1n) is 4.50. The largest absolute Gasteiger partial charge is 0.469 e. The van der Waals surface area contributed by atoms with Crippen LogP contribution in [0.4, 0.5) is 0 Å². The highest BCUT2D eigenvalue weighted by atomic mass is 16.5. The van der Waals surface area contributed by atoms with Crippen LogP contribution in [0.1, 0.15) is 17.5 Å². The van der Waals surface area contributed by atoms with E-state index in [1.807, 2.05) is 6.07 Å². The van der Waals surface area contributed by atoms with E-state index in [-0.39, 0.29) is 12.4 Å². The van der Waals surface area contributed by atoms with Crippen LogP contribution < -0.4 is 0 Å². The second-order valence-corrected chi connectivity index (χ2v) is 2.92. The predicted molar refractivity (Wildman–Crippen MR) is 56.8 cm³/mol. The van der Waals surface area contributed by atoms with E-state index in [9.17, 15) is 4.79 Å². The molecule has 0 unspecified atom stereocenters. The van der Waals surface area contributed by atoms with Crippen LogP contribution in [-0.2, 0) is 9.53 Å². The quantitative estimate of drug-likeness (QED) is 0.704.